The summed E-state index contributed by atoms with van der Waals surface area (Å²) in [7, 11) is -2.48. The van der Waals surface area contributed by atoms with Gasteiger partial charge in [0.15, 0.2) is 11.6 Å². The fourth-order valence-electron chi connectivity index (χ4n) is 3.30. The van der Waals surface area contributed by atoms with E-state index in [4.69, 9.17) is 9.47 Å². The van der Waals surface area contributed by atoms with Crippen LogP contribution in [0, 0.1) is 19.7 Å². The van der Waals surface area contributed by atoms with Gasteiger partial charge in [0.2, 0.25) is 10.0 Å². The molecule has 1 saturated carbocycles. The van der Waals surface area contributed by atoms with Crippen molar-refractivity contribution >= 4 is 10.0 Å². The molecule has 0 radical (unpaired) electrons. The SMILES string of the molecule is COc1ccc(S(=O)(=O)NC2CCC(Oc3nc(C)cc(C)n3)CC2)cc1F. The molecular weight excluding hydrogens is 385 g/mol. The lowest BCUT2D eigenvalue weighted by atomic mass is 9.94. The molecule has 152 valence electrons. The molecule has 1 fully saturated rings. The second-order valence-electron chi connectivity index (χ2n) is 6.94. The van der Waals surface area contributed by atoms with E-state index in [9.17, 15) is 12.8 Å². The summed E-state index contributed by atoms with van der Waals surface area (Å²) >= 11 is 0. The quantitative estimate of drug-likeness (QED) is 0.789. The van der Waals surface area contributed by atoms with Gasteiger partial charge in [0.1, 0.15) is 6.10 Å². The maximum Gasteiger partial charge on any atom is 0.317 e. The van der Waals surface area contributed by atoms with Gasteiger partial charge < -0.3 is 9.47 Å². The molecule has 1 aromatic heterocycles. The van der Waals surface area contributed by atoms with E-state index in [1.807, 2.05) is 19.9 Å². The number of hydrogen-bond acceptors (Lipinski definition) is 6. The van der Waals surface area contributed by atoms with Crippen LogP contribution < -0.4 is 14.2 Å². The van der Waals surface area contributed by atoms with Crippen LogP contribution in [0.1, 0.15) is 37.1 Å². The van der Waals surface area contributed by atoms with Gasteiger partial charge in [0.25, 0.3) is 0 Å². The molecule has 0 unspecified atom stereocenters. The summed E-state index contributed by atoms with van der Waals surface area (Å²) in [5.41, 5.74) is 1.69. The van der Waals surface area contributed by atoms with Crippen molar-refractivity contribution < 1.29 is 22.3 Å². The highest BCUT2D eigenvalue weighted by atomic mass is 32.2. The van der Waals surface area contributed by atoms with Gasteiger partial charge >= 0.3 is 6.01 Å². The number of rotatable bonds is 6. The molecule has 28 heavy (non-hydrogen) atoms. The lowest BCUT2D eigenvalue weighted by Gasteiger charge is -2.28. The third-order valence-electron chi connectivity index (χ3n) is 4.66. The molecule has 9 heteroatoms. The molecule has 0 atom stereocenters. The number of methoxy groups -OCH3 is 1. The zero-order valence-corrected chi connectivity index (χ0v) is 16.9. The van der Waals surface area contributed by atoms with Crippen LogP contribution in [0.2, 0.25) is 0 Å². The lowest BCUT2D eigenvalue weighted by Crippen LogP contribution is -2.39. The fraction of sp³-hybridized carbons (Fsp3) is 0.474. The van der Waals surface area contributed by atoms with Gasteiger partial charge in [0, 0.05) is 17.4 Å². The van der Waals surface area contributed by atoms with Crippen LogP contribution in [0.5, 0.6) is 11.8 Å². The van der Waals surface area contributed by atoms with Crippen molar-refractivity contribution in [2.45, 2.75) is 56.6 Å². The van der Waals surface area contributed by atoms with Gasteiger partial charge in [-0.25, -0.2) is 27.5 Å². The van der Waals surface area contributed by atoms with E-state index >= 15 is 0 Å². The Balaban J connectivity index is 1.58. The van der Waals surface area contributed by atoms with Crippen molar-refractivity contribution in [1.82, 2.24) is 14.7 Å². The standard InChI is InChI=1S/C19H24FN3O4S/c1-12-10-13(2)22-19(21-12)27-15-6-4-14(5-7-15)23-28(24,25)16-8-9-18(26-3)17(20)11-16/h8-11,14-15,23H,4-7H2,1-3H3. The summed E-state index contributed by atoms with van der Waals surface area (Å²) in [6.45, 7) is 3.77. The van der Waals surface area contributed by atoms with Crippen LogP contribution in [0.4, 0.5) is 4.39 Å². The molecular formula is C19H24FN3O4S. The molecule has 1 N–H and O–H groups in total. The highest BCUT2D eigenvalue weighted by Gasteiger charge is 2.27. The Kier molecular flexibility index (Phi) is 6.14. The summed E-state index contributed by atoms with van der Waals surface area (Å²) in [5, 5.41) is 0. The second kappa shape index (κ2) is 8.40. The zero-order valence-electron chi connectivity index (χ0n) is 16.1. The van der Waals surface area contributed by atoms with Gasteiger partial charge in [-0.05, 0) is 63.8 Å². The van der Waals surface area contributed by atoms with E-state index in [2.05, 4.69) is 14.7 Å². The van der Waals surface area contributed by atoms with E-state index < -0.39 is 15.8 Å². The van der Waals surface area contributed by atoms with E-state index in [-0.39, 0.29) is 22.8 Å². The molecule has 2 aromatic rings. The van der Waals surface area contributed by atoms with Crippen molar-refractivity contribution in [1.29, 1.82) is 0 Å². The first-order valence-electron chi connectivity index (χ1n) is 9.11. The summed E-state index contributed by atoms with van der Waals surface area (Å²) < 4.78 is 52.2. The number of sulfonamides is 1. The van der Waals surface area contributed by atoms with E-state index in [1.165, 1.54) is 19.2 Å². The van der Waals surface area contributed by atoms with E-state index in [1.54, 1.807) is 0 Å². The normalized spacial score (nSPS) is 20.0. The zero-order chi connectivity index (χ0) is 20.3. The minimum absolute atomic E-state index is 0.00483. The first kappa shape index (κ1) is 20.5. The molecule has 0 saturated heterocycles. The maximum atomic E-state index is 13.8. The Morgan fingerprint density at radius 2 is 1.71 bits per heavy atom. The molecule has 1 aliphatic rings. The number of aryl methyl sites for hydroxylation is 2. The number of benzene rings is 1. The fourth-order valence-corrected chi connectivity index (χ4v) is 4.61. The van der Waals surface area contributed by atoms with Gasteiger partial charge in [-0.2, -0.15) is 0 Å². The smallest absolute Gasteiger partial charge is 0.317 e. The predicted octanol–water partition coefficient (Wildman–Crippen LogP) is 2.91. The number of hydrogen-bond donors (Lipinski definition) is 1. The highest BCUT2D eigenvalue weighted by Crippen LogP contribution is 2.25. The Bertz CT molecular complexity index is 924. The minimum Gasteiger partial charge on any atom is -0.494 e. The summed E-state index contributed by atoms with van der Waals surface area (Å²) in [6.07, 6.45) is 2.54. The topological polar surface area (TPSA) is 90.4 Å². The number of aromatic nitrogens is 2. The van der Waals surface area contributed by atoms with Crippen molar-refractivity contribution in [3.05, 3.63) is 41.5 Å². The van der Waals surface area contributed by atoms with Crippen molar-refractivity contribution in [2.75, 3.05) is 7.11 Å². The third kappa shape index (κ3) is 4.96. The van der Waals surface area contributed by atoms with Crippen LogP contribution in [-0.2, 0) is 10.0 Å². The molecule has 3 rings (SSSR count). The van der Waals surface area contributed by atoms with Crippen LogP contribution in [0.3, 0.4) is 0 Å². The van der Waals surface area contributed by atoms with E-state index in [0.717, 1.165) is 17.5 Å². The minimum atomic E-state index is -3.81. The van der Waals surface area contributed by atoms with Crippen molar-refractivity contribution in [2.24, 2.45) is 0 Å². The maximum absolute atomic E-state index is 13.8. The van der Waals surface area contributed by atoms with Gasteiger partial charge in [-0.3, -0.25) is 0 Å². The monoisotopic (exact) mass is 409 g/mol. The summed E-state index contributed by atoms with van der Waals surface area (Å²) in [6, 6.07) is 5.60. The first-order valence-corrected chi connectivity index (χ1v) is 10.6. The van der Waals surface area contributed by atoms with E-state index in [0.29, 0.717) is 31.7 Å². The molecule has 0 bridgehead atoms. The molecule has 1 aliphatic carbocycles. The second-order valence-corrected chi connectivity index (χ2v) is 8.66. The Labute approximate surface area is 164 Å². The van der Waals surface area contributed by atoms with Gasteiger partial charge in [-0.15, -0.1) is 0 Å². The summed E-state index contributed by atoms with van der Waals surface area (Å²) in [5.74, 6) is -0.707. The number of halogens is 1. The molecule has 0 aliphatic heterocycles. The molecule has 0 amide bonds. The van der Waals surface area contributed by atoms with Crippen molar-refractivity contribution in [3.8, 4) is 11.8 Å². The van der Waals surface area contributed by atoms with Crippen LogP contribution in [-0.4, -0.2) is 37.6 Å². The van der Waals surface area contributed by atoms with Crippen LogP contribution >= 0.6 is 0 Å². The molecule has 0 spiro atoms. The summed E-state index contributed by atoms with van der Waals surface area (Å²) in [4.78, 5) is 8.44. The first-order chi connectivity index (χ1) is 13.3. The Hall–Kier alpha value is -2.26. The number of nitrogens with one attached hydrogen (secondary N) is 1. The van der Waals surface area contributed by atoms with Crippen LogP contribution in [0.25, 0.3) is 0 Å². The van der Waals surface area contributed by atoms with Crippen molar-refractivity contribution in [3.63, 3.8) is 0 Å². The van der Waals surface area contributed by atoms with Crippen LogP contribution in [0.15, 0.2) is 29.2 Å². The number of nitrogens with zero attached hydrogens (tertiary/aromatic N) is 2. The highest BCUT2D eigenvalue weighted by molar-refractivity contribution is 7.89. The van der Waals surface area contributed by atoms with Gasteiger partial charge in [0.05, 0.1) is 12.0 Å². The molecule has 7 nitrogen and oxygen atoms in total. The van der Waals surface area contributed by atoms with Gasteiger partial charge in [-0.1, -0.05) is 0 Å². The molecule has 1 heterocycles. The molecule has 1 aromatic carbocycles. The third-order valence-corrected chi connectivity index (χ3v) is 6.18. The average molecular weight is 409 g/mol. The Morgan fingerprint density at radius 3 is 2.29 bits per heavy atom. The largest absolute Gasteiger partial charge is 0.494 e. The Morgan fingerprint density at radius 1 is 1.07 bits per heavy atom. The predicted molar refractivity (Wildman–Crippen MR) is 101 cm³/mol. The average Bonchev–Trinajstić information content (AvgIpc) is 2.62. The lowest BCUT2D eigenvalue weighted by molar-refractivity contribution is 0.131. The number of ether oxygens (including phenoxy) is 2.